The molecule has 0 fully saturated rings. The fourth-order valence-corrected chi connectivity index (χ4v) is 3.00. The number of rotatable bonds is 6. The summed E-state index contributed by atoms with van der Waals surface area (Å²) in [5, 5.41) is 27.6. The lowest BCUT2D eigenvalue weighted by molar-refractivity contribution is -0.384. The summed E-state index contributed by atoms with van der Waals surface area (Å²) >= 11 is 0. The minimum Gasteiger partial charge on any atom is -0.348 e. The molecule has 0 spiro atoms. The summed E-state index contributed by atoms with van der Waals surface area (Å²) < 4.78 is 0. The number of benzene rings is 3. The molecule has 1 heterocycles. The van der Waals surface area contributed by atoms with Gasteiger partial charge in [-0.25, -0.2) is 5.10 Å². The number of aromatic nitrogens is 4. The minimum atomic E-state index is -0.470. The van der Waals surface area contributed by atoms with Crippen molar-refractivity contribution in [2.45, 2.75) is 6.54 Å². The lowest BCUT2D eigenvalue weighted by Crippen LogP contribution is -2.22. The first-order valence-electron chi connectivity index (χ1n) is 9.06. The molecule has 1 aromatic heterocycles. The minimum absolute atomic E-state index is 0.0800. The van der Waals surface area contributed by atoms with Gasteiger partial charge in [-0.1, -0.05) is 42.5 Å². The number of nitrogens with zero attached hydrogens (tertiary/aromatic N) is 4. The standard InChI is InChI=1S/C21H16N6O3/c28-21(22-13-14-4-2-1-3-5-14)16-8-6-15(7-9-16)17-10-18(20-23-25-26-24-20)12-19(11-17)27(29)30/h1-12H,13H2,(H,22,28)(H,23,24,25,26). The fourth-order valence-electron chi connectivity index (χ4n) is 3.00. The first-order chi connectivity index (χ1) is 14.6. The van der Waals surface area contributed by atoms with Gasteiger partial charge in [0.1, 0.15) is 0 Å². The van der Waals surface area contributed by atoms with Crippen LogP contribution in [-0.4, -0.2) is 31.5 Å². The third kappa shape index (κ3) is 4.20. The van der Waals surface area contributed by atoms with Crippen molar-refractivity contribution in [2.24, 2.45) is 0 Å². The van der Waals surface area contributed by atoms with Gasteiger partial charge in [0.05, 0.1) is 4.92 Å². The van der Waals surface area contributed by atoms with Crippen molar-refractivity contribution >= 4 is 11.6 Å². The van der Waals surface area contributed by atoms with Crippen molar-refractivity contribution in [3.05, 3.63) is 94.0 Å². The van der Waals surface area contributed by atoms with Crippen molar-refractivity contribution in [1.82, 2.24) is 25.9 Å². The number of non-ortho nitro benzene ring substituents is 1. The Kier molecular flexibility index (Phi) is 5.25. The van der Waals surface area contributed by atoms with Gasteiger partial charge in [-0.2, -0.15) is 0 Å². The number of nitrogens with one attached hydrogen (secondary N) is 2. The number of hydrogen-bond acceptors (Lipinski definition) is 6. The molecule has 3 aromatic carbocycles. The second-order valence-electron chi connectivity index (χ2n) is 6.52. The zero-order valence-corrected chi connectivity index (χ0v) is 15.6. The first kappa shape index (κ1) is 18.9. The van der Waals surface area contributed by atoms with Gasteiger partial charge < -0.3 is 5.32 Å². The predicted molar refractivity (Wildman–Crippen MR) is 109 cm³/mol. The van der Waals surface area contributed by atoms with E-state index < -0.39 is 4.92 Å². The summed E-state index contributed by atoms with van der Waals surface area (Å²) in [7, 11) is 0. The number of aromatic amines is 1. The largest absolute Gasteiger partial charge is 0.348 e. The first-order valence-corrected chi connectivity index (χ1v) is 9.06. The molecule has 1 amide bonds. The highest BCUT2D eigenvalue weighted by Gasteiger charge is 2.14. The highest BCUT2D eigenvalue weighted by molar-refractivity contribution is 5.94. The maximum Gasteiger partial charge on any atom is 0.270 e. The maximum absolute atomic E-state index is 12.4. The van der Waals surface area contributed by atoms with Crippen LogP contribution in [0.4, 0.5) is 5.69 Å². The topological polar surface area (TPSA) is 127 Å². The van der Waals surface area contributed by atoms with Crippen molar-refractivity contribution in [3.63, 3.8) is 0 Å². The van der Waals surface area contributed by atoms with Gasteiger partial charge in [-0.3, -0.25) is 14.9 Å². The average molecular weight is 400 g/mol. The average Bonchev–Trinajstić information content (AvgIpc) is 3.33. The number of carbonyl (C=O) groups excluding carboxylic acids is 1. The molecule has 0 atom stereocenters. The van der Waals surface area contributed by atoms with E-state index in [2.05, 4.69) is 25.9 Å². The van der Waals surface area contributed by atoms with Crippen LogP contribution >= 0.6 is 0 Å². The predicted octanol–water partition coefficient (Wildman–Crippen LogP) is 3.37. The Bertz CT molecular complexity index is 1180. The van der Waals surface area contributed by atoms with Gasteiger partial charge in [-0.15, -0.1) is 5.10 Å². The van der Waals surface area contributed by atoms with Crippen LogP contribution in [0, 0.1) is 10.1 Å². The van der Waals surface area contributed by atoms with Crippen molar-refractivity contribution < 1.29 is 9.72 Å². The van der Waals surface area contributed by atoms with Crippen molar-refractivity contribution in [1.29, 1.82) is 0 Å². The van der Waals surface area contributed by atoms with Crippen LogP contribution in [0.15, 0.2) is 72.8 Å². The monoisotopic (exact) mass is 400 g/mol. The number of nitro groups is 1. The summed E-state index contributed by atoms with van der Waals surface area (Å²) in [4.78, 5) is 23.3. The molecule has 2 N–H and O–H groups in total. The second kappa shape index (κ2) is 8.31. The van der Waals surface area contributed by atoms with E-state index in [1.807, 2.05) is 30.3 Å². The lowest BCUT2D eigenvalue weighted by Gasteiger charge is -2.08. The zero-order valence-electron chi connectivity index (χ0n) is 15.6. The van der Waals surface area contributed by atoms with E-state index in [-0.39, 0.29) is 11.6 Å². The summed E-state index contributed by atoms with van der Waals surface area (Å²) in [5.74, 6) is 0.134. The van der Waals surface area contributed by atoms with Gasteiger partial charge in [-0.05, 0) is 45.3 Å². The second-order valence-corrected chi connectivity index (χ2v) is 6.52. The fraction of sp³-hybridized carbons (Fsp3) is 0.0476. The highest BCUT2D eigenvalue weighted by atomic mass is 16.6. The van der Waals surface area contributed by atoms with E-state index in [9.17, 15) is 14.9 Å². The molecule has 0 radical (unpaired) electrons. The SMILES string of the molecule is O=C(NCc1ccccc1)c1ccc(-c2cc(-c3nnn[nH]3)cc([N+](=O)[O-])c2)cc1. The van der Waals surface area contributed by atoms with E-state index in [1.165, 1.54) is 12.1 Å². The van der Waals surface area contributed by atoms with Gasteiger partial charge in [0, 0.05) is 29.8 Å². The number of nitro benzene ring substituents is 1. The molecule has 30 heavy (non-hydrogen) atoms. The van der Waals surface area contributed by atoms with E-state index in [0.29, 0.717) is 29.1 Å². The summed E-state index contributed by atoms with van der Waals surface area (Å²) in [6.07, 6.45) is 0. The van der Waals surface area contributed by atoms with Gasteiger partial charge >= 0.3 is 0 Å². The normalized spacial score (nSPS) is 10.5. The number of amides is 1. The van der Waals surface area contributed by atoms with Crippen molar-refractivity contribution in [2.75, 3.05) is 0 Å². The molecule has 0 aliphatic heterocycles. The zero-order chi connectivity index (χ0) is 20.9. The molecule has 0 aliphatic rings. The highest BCUT2D eigenvalue weighted by Crippen LogP contribution is 2.30. The Hall–Kier alpha value is -4.40. The Morgan fingerprint density at radius 3 is 2.37 bits per heavy atom. The number of hydrogen-bond donors (Lipinski definition) is 2. The molecule has 9 heteroatoms. The van der Waals surface area contributed by atoms with Crippen LogP contribution in [0.25, 0.3) is 22.5 Å². The molecule has 4 rings (SSSR count). The van der Waals surface area contributed by atoms with Crippen LogP contribution in [0.5, 0.6) is 0 Å². The van der Waals surface area contributed by atoms with E-state index >= 15 is 0 Å². The van der Waals surface area contributed by atoms with Crippen LogP contribution in [0.2, 0.25) is 0 Å². The van der Waals surface area contributed by atoms with E-state index in [0.717, 1.165) is 11.1 Å². The van der Waals surface area contributed by atoms with Crippen LogP contribution in [-0.2, 0) is 6.54 Å². The third-order valence-electron chi connectivity index (χ3n) is 4.52. The molecular formula is C21H16N6O3. The number of tetrazole rings is 1. The Labute approximate surface area is 170 Å². The van der Waals surface area contributed by atoms with Gasteiger partial charge in [0.25, 0.3) is 11.6 Å². The van der Waals surface area contributed by atoms with Crippen molar-refractivity contribution in [3.8, 4) is 22.5 Å². The Morgan fingerprint density at radius 2 is 1.70 bits per heavy atom. The molecule has 0 aliphatic carbocycles. The third-order valence-corrected chi connectivity index (χ3v) is 4.52. The van der Waals surface area contributed by atoms with E-state index in [4.69, 9.17) is 0 Å². The molecular weight excluding hydrogens is 384 g/mol. The number of carbonyl (C=O) groups is 1. The molecule has 0 saturated heterocycles. The summed E-state index contributed by atoms with van der Waals surface area (Å²) in [6.45, 7) is 0.431. The maximum atomic E-state index is 12.4. The lowest BCUT2D eigenvalue weighted by atomic mass is 10.0. The van der Waals surface area contributed by atoms with Gasteiger partial charge in [0.15, 0.2) is 5.82 Å². The molecule has 9 nitrogen and oxygen atoms in total. The molecule has 4 aromatic rings. The van der Waals surface area contributed by atoms with Crippen LogP contribution in [0.3, 0.4) is 0 Å². The molecule has 0 saturated carbocycles. The Morgan fingerprint density at radius 1 is 0.967 bits per heavy atom. The number of H-pyrrole nitrogens is 1. The van der Waals surface area contributed by atoms with Gasteiger partial charge in [0.2, 0.25) is 0 Å². The Balaban J connectivity index is 1.56. The molecule has 148 valence electrons. The summed E-state index contributed by atoms with van der Waals surface area (Å²) in [5.41, 5.74) is 3.27. The van der Waals surface area contributed by atoms with E-state index in [1.54, 1.807) is 30.3 Å². The van der Waals surface area contributed by atoms with Crippen LogP contribution < -0.4 is 5.32 Å². The smallest absolute Gasteiger partial charge is 0.270 e. The molecule has 0 bridgehead atoms. The summed E-state index contributed by atoms with van der Waals surface area (Å²) in [6, 6.07) is 21.1. The quantitative estimate of drug-likeness (QED) is 0.377. The molecule has 0 unspecified atom stereocenters. The van der Waals surface area contributed by atoms with Crippen LogP contribution in [0.1, 0.15) is 15.9 Å².